The minimum absolute atomic E-state index is 0.259. The van der Waals surface area contributed by atoms with Crippen molar-refractivity contribution in [3.05, 3.63) is 0 Å². The van der Waals surface area contributed by atoms with Gasteiger partial charge in [-0.15, -0.1) is 0 Å². The minimum atomic E-state index is -2.29. The molecule has 0 spiro atoms. The topological polar surface area (TPSA) is 58.7 Å². The summed E-state index contributed by atoms with van der Waals surface area (Å²) >= 11 is 0. The Labute approximate surface area is 74.4 Å². The van der Waals surface area contributed by atoms with Crippen molar-refractivity contribution in [1.82, 2.24) is 5.01 Å². The van der Waals surface area contributed by atoms with Crippen molar-refractivity contribution in [3.63, 3.8) is 0 Å². The van der Waals surface area contributed by atoms with Crippen LogP contribution in [0.15, 0.2) is 5.10 Å². The summed E-state index contributed by atoms with van der Waals surface area (Å²) in [6.07, 6.45) is -1.78. The van der Waals surface area contributed by atoms with Crippen LogP contribution in [0.5, 0.6) is 0 Å². The lowest BCUT2D eigenvalue weighted by Crippen LogP contribution is -2.34. The van der Waals surface area contributed by atoms with Gasteiger partial charge in [0.2, 0.25) is 6.43 Å². The molecule has 0 aromatic heterocycles. The second-order valence-corrected chi connectivity index (χ2v) is 3.03. The van der Waals surface area contributed by atoms with Gasteiger partial charge in [0, 0.05) is 18.7 Å². The van der Waals surface area contributed by atoms with E-state index < -0.39 is 18.4 Å². The quantitative estimate of drug-likeness (QED) is 0.651. The van der Waals surface area contributed by atoms with Crippen molar-refractivity contribution >= 4 is 11.7 Å². The molecule has 2 amide bonds. The monoisotopic (exact) mass is 191 g/mol. The van der Waals surface area contributed by atoms with Crippen LogP contribution in [0.2, 0.25) is 0 Å². The molecule has 0 aromatic carbocycles. The van der Waals surface area contributed by atoms with E-state index in [0.717, 1.165) is 5.01 Å². The molecule has 0 heterocycles. The highest BCUT2D eigenvalue weighted by Gasteiger charge is 2.32. The Bertz CT molecular complexity index is 234. The maximum Gasteiger partial charge on any atom is 0.334 e. The molecular weight excluding hydrogens is 180 g/mol. The van der Waals surface area contributed by atoms with Crippen LogP contribution in [-0.4, -0.2) is 30.2 Å². The van der Waals surface area contributed by atoms with Crippen LogP contribution in [0, 0.1) is 5.92 Å². The molecule has 1 saturated carbocycles. The summed E-state index contributed by atoms with van der Waals surface area (Å²) in [5.41, 5.74) is 5.49. The van der Waals surface area contributed by atoms with Crippen molar-refractivity contribution in [2.24, 2.45) is 16.8 Å². The first-order valence-electron chi connectivity index (χ1n) is 3.88. The van der Waals surface area contributed by atoms with Crippen molar-refractivity contribution in [3.8, 4) is 0 Å². The number of hydrogen-bond donors (Lipinski definition) is 1. The third kappa shape index (κ3) is 2.37. The first-order valence-corrected chi connectivity index (χ1v) is 3.88. The van der Waals surface area contributed by atoms with E-state index in [4.69, 9.17) is 5.73 Å². The second-order valence-electron chi connectivity index (χ2n) is 3.03. The number of nitrogens with two attached hydrogens (primary N) is 1. The normalized spacial score (nSPS) is 21.2. The van der Waals surface area contributed by atoms with E-state index in [-0.39, 0.29) is 12.8 Å². The Balaban J connectivity index is 2.38. The van der Waals surface area contributed by atoms with Crippen LogP contribution in [-0.2, 0) is 0 Å². The summed E-state index contributed by atoms with van der Waals surface area (Å²) in [5, 5.41) is 4.71. The minimum Gasteiger partial charge on any atom is -0.350 e. The van der Waals surface area contributed by atoms with Gasteiger partial charge in [0.05, 0.1) is 0 Å². The number of hydrazone groups is 1. The van der Waals surface area contributed by atoms with E-state index in [2.05, 4.69) is 5.10 Å². The Hall–Kier alpha value is -1.20. The molecule has 1 rings (SSSR count). The van der Waals surface area contributed by atoms with Crippen molar-refractivity contribution in [2.75, 3.05) is 7.05 Å². The van der Waals surface area contributed by atoms with Gasteiger partial charge in [-0.25, -0.2) is 18.6 Å². The number of primary amides is 1. The fourth-order valence-electron chi connectivity index (χ4n) is 1.07. The lowest BCUT2D eigenvalue weighted by atomic mass is 9.84. The number of hydrogen-bond acceptors (Lipinski definition) is 2. The van der Waals surface area contributed by atoms with Gasteiger partial charge in [0.1, 0.15) is 0 Å². The molecule has 4 nitrogen and oxygen atoms in total. The van der Waals surface area contributed by atoms with Crippen LogP contribution in [0.1, 0.15) is 12.8 Å². The van der Waals surface area contributed by atoms with Gasteiger partial charge in [0.15, 0.2) is 0 Å². The first kappa shape index (κ1) is 9.88. The van der Waals surface area contributed by atoms with E-state index in [1.807, 2.05) is 0 Å². The second kappa shape index (κ2) is 3.68. The summed E-state index contributed by atoms with van der Waals surface area (Å²) in [7, 11) is 1.39. The van der Waals surface area contributed by atoms with Gasteiger partial charge in [-0.1, -0.05) is 0 Å². The molecule has 0 saturated heterocycles. The van der Waals surface area contributed by atoms with E-state index in [1.165, 1.54) is 7.05 Å². The average Bonchev–Trinajstić information content (AvgIpc) is 1.94. The van der Waals surface area contributed by atoms with E-state index in [1.54, 1.807) is 0 Å². The molecule has 0 aliphatic heterocycles. The van der Waals surface area contributed by atoms with Gasteiger partial charge >= 0.3 is 6.03 Å². The highest BCUT2D eigenvalue weighted by atomic mass is 19.3. The molecule has 1 aliphatic carbocycles. The molecule has 0 radical (unpaired) electrons. The van der Waals surface area contributed by atoms with Crippen LogP contribution >= 0.6 is 0 Å². The lowest BCUT2D eigenvalue weighted by Gasteiger charge is -2.27. The highest BCUT2D eigenvalue weighted by Crippen LogP contribution is 2.30. The number of carbonyl (C=O) groups is 1. The van der Waals surface area contributed by atoms with Crippen LogP contribution < -0.4 is 5.73 Å². The molecule has 74 valence electrons. The summed E-state index contributed by atoms with van der Waals surface area (Å²) in [5.74, 6) is -0.597. The number of carbonyl (C=O) groups excluding carboxylic acids is 1. The molecular formula is C7H11F2N3O. The maximum absolute atomic E-state index is 12.0. The smallest absolute Gasteiger partial charge is 0.334 e. The number of halogens is 2. The average molecular weight is 191 g/mol. The molecule has 1 fully saturated rings. The Morgan fingerprint density at radius 1 is 1.69 bits per heavy atom. The summed E-state index contributed by atoms with van der Waals surface area (Å²) in [6.45, 7) is 0. The third-order valence-electron chi connectivity index (χ3n) is 1.96. The Kier molecular flexibility index (Phi) is 2.79. The van der Waals surface area contributed by atoms with Gasteiger partial charge in [-0.3, -0.25) is 0 Å². The number of amides is 2. The number of urea groups is 1. The van der Waals surface area contributed by atoms with Crippen LogP contribution in [0.3, 0.4) is 0 Å². The molecule has 13 heavy (non-hydrogen) atoms. The predicted octanol–water partition coefficient (Wildman–Crippen LogP) is 1.03. The van der Waals surface area contributed by atoms with Gasteiger partial charge in [0.25, 0.3) is 0 Å². The molecule has 0 unspecified atom stereocenters. The molecule has 2 N–H and O–H groups in total. The van der Waals surface area contributed by atoms with Gasteiger partial charge in [-0.05, 0) is 12.8 Å². The van der Waals surface area contributed by atoms with E-state index in [9.17, 15) is 13.6 Å². The van der Waals surface area contributed by atoms with Crippen molar-refractivity contribution in [2.45, 2.75) is 19.3 Å². The van der Waals surface area contributed by atoms with Crippen LogP contribution in [0.25, 0.3) is 0 Å². The zero-order valence-corrected chi connectivity index (χ0v) is 7.20. The molecule has 6 heteroatoms. The summed E-state index contributed by atoms with van der Waals surface area (Å²) in [6, 6.07) is -0.687. The Morgan fingerprint density at radius 3 is 2.62 bits per heavy atom. The van der Waals surface area contributed by atoms with Crippen molar-refractivity contribution in [1.29, 1.82) is 0 Å². The SMILES string of the molecule is CN(N=C1CC(C(F)F)C1)C(N)=O. The summed E-state index contributed by atoms with van der Waals surface area (Å²) in [4.78, 5) is 10.5. The summed E-state index contributed by atoms with van der Waals surface area (Å²) < 4.78 is 24.0. The fourth-order valence-corrected chi connectivity index (χ4v) is 1.07. The van der Waals surface area contributed by atoms with Gasteiger partial charge < -0.3 is 5.73 Å². The zero-order chi connectivity index (χ0) is 10.0. The molecule has 0 aromatic rings. The number of alkyl halides is 2. The number of rotatable bonds is 2. The third-order valence-corrected chi connectivity index (χ3v) is 1.96. The lowest BCUT2D eigenvalue weighted by molar-refractivity contribution is 0.0710. The first-order chi connectivity index (χ1) is 6.00. The zero-order valence-electron chi connectivity index (χ0n) is 7.20. The maximum atomic E-state index is 12.0. The van der Waals surface area contributed by atoms with Crippen molar-refractivity contribution < 1.29 is 13.6 Å². The van der Waals surface area contributed by atoms with Gasteiger partial charge in [-0.2, -0.15) is 5.10 Å². The molecule has 0 atom stereocenters. The number of nitrogens with zero attached hydrogens (tertiary/aromatic N) is 2. The molecule has 0 bridgehead atoms. The largest absolute Gasteiger partial charge is 0.350 e. The highest BCUT2D eigenvalue weighted by molar-refractivity contribution is 5.91. The van der Waals surface area contributed by atoms with E-state index in [0.29, 0.717) is 5.71 Å². The predicted molar refractivity (Wildman–Crippen MR) is 43.5 cm³/mol. The Morgan fingerprint density at radius 2 is 2.23 bits per heavy atom. The fraction of sp³-hybridized carbons (Fsp3) is 0.714. The standard InChI is InChI=1S/C7H11F2N3O/c1-12(7(10)13)11-5-2-4(3-5)6(8)9/h4,6H,2-3H2,1H3,(H2,10,13). The van der Waals surface area contributed by atoms with E-state index >= 15 is 0 Å². The van der Waals surface area contributed by atoms with Crippen LogP contribution in [0.4, 0.5) is 13.6 Å². The molecule has 1 aliphatic rings.